The number of ether oxygens (including phenoxy) is 1. The molecule has 0 unspecified atom stereocenters. The lowest BCUT2D eigenvalue weighted by atomic mass is 9.89. The molecule has 2 fully saturated rings. The van der Waals surface area contributed by atoms with Gasteiger partial charge in [-0.15, -0.1) is 0 Å². The van der Waals surface area contributed by atoms with E-state index in [4.69, 9.17) is 14.8 Å². The number of fused-ring (bicyclic) bond motifs is 2. The van der Waals surface area contributed by atoms with Crippen molar-refractivity contribution in [1.82, 2.24) is 24.5 Å². The third-order valence-corrected chi connectivity index (χ3v) is 14.3. The molecule has 1 aliphatic carbocycles. The molecule has 2 amide bonds. The average Bonchev–Trinajstić information content (AvgIpc) is 3.89. The van der Waals surface area contributed by atoms with Crippen molar-refractivity contribution >= 4 is 67.9 Å². The summed E-state index contributed by atoms with van der Waals surface area (Å²) in [6, 6.07) is 25.9. The molecule has 320 valence electrons. The lowest BCUT2D eigenvalue weighted by Crippen LogP contribution is -2.37. The SMILES string of the molecule is CCOC(=O)C1CCN(c2cccc(SNC(=O)c3nc(N4CCc5cccc(C(=O)Nc6nc7ccccc7s6)c5C4)ccc3-c3cnn(CC4CCCCC4)c3C)c2)CC1. The fourth-order valence-electron chi connectivity index (χ4n) is 9.13. The van der Waals surface area contributed by atoms with Gasteiger partial charge in [0.25, 0.3) is 11.8 Å². The van der Waals surface area contributed by atoms with Crippen molar-refractivity contribution in [1.29, 1.82) is 0 Å². The van der Waals surface area contributed by atoms with Crippen LogP contribution in [0.5, 0.6) is 0 Å². The third-order valence-electron chi connectivity index (χ3n) is 12.6. The van der Waals surface area contributed by atoms with E-state index in [-0.39, 0.29) is 23.7 Å². The Morgan fingerprint density at radius 2 is 1.68 bits per heavy atom. The Balaban J connectivity index is 0.962. The smallest absolute Gasteiger partial charge is 0.309 e. The number of benzene rings is 3. The standard InChI is InChI=1S/C48H52N8O4S2/c1-3-60-47(59)34-22-24-54(25-23-34)35-14-10-15-36(27-35)62-53-46(58)44-37(39-28-49-56(31(39)2)29-32-11-5-4-6-12-32)19-20-43(51-44)55-26-21-33-13-9-16-38(40(33)30-55)45(57)52-48-50-41-17-7-8-18-42(41)61-48/h7-10,13-20,27-28,32,34H,3-6,11-12,21-26,29-30H2,1-2H3,(H,53,58)(H,50,52,57). The molecule has 2 aliphatic heterocycles. The maximum Gasteiger partial charge on any atom is 0.309 e. The van der Waals surface area contributed by atoms with Crippen molar-refractivity contribution in [3.8, 4) is 11.1 Å². The quantitative estimate of drug-likeness (QED) is 0.0905. The number of nitrogens with one attached hydrogen (secondary N) is 2. The molecule has 3 aromatic heterocycles. The van der Waals surface area contributed by atoms with E-state index in [2.05, 4.69) is 54.6 Å². The Labute approximate surface area is 370 Å². The number of aromatic nitrogens is 4. The van der Waals surface area contributed by atoms with Gasteiger partial charge in [-0.1, -0.05) is 60.9 Å². The second-order valence-corrected chi connectivity index (χ2v) is 18.4. The maximum absolute atomic E-state index is 14.4. The highest BCUT2D eigenvalue weighted by Crippen LogP contribution is 2.34. The summed E-state index contributed by atoms with van der Waals surface area (Å²) in [4.78, 5) is 55.7. The molecule has 0 atom stereocenters. The van der Waals surface area contributed by atoms with E-state index in [0.717, 1.165) is 87.6 Å². The molecule has 3 aliphatic rings. The number of hydrogen-bond donors (Lipinski definition) is 2. The molecule has 5 heterocycles. The molecule has 1 saturated heterocycles. The normalized spacial score (nSPS) is 16.0. The third kappa shape index (κ3) is 9.07. The summed E-state index contributed by atoms with van der Waals surface area (Å²) in [6.45, 7) is 7.85. The van der Waals surface area contributed by atoms with Crippen molar-refractivity contribution in [2.24, 2.45) is 11.8 Å². The van der Waals surface area contributed by atoms with Gasteiger partial charge in [0.15, 0.2) is 5.13 Å². The van der Waals surface area contributed by atoms with Crippen molar-refractivity contribution < 1.29 is 19.1 Å². The van der Waals surface area contributed by atoms with Gasteiger partial charge in [0.2, 0.25) is 0 Å². The maximum atomic E-state index is 14.4. The van der Waals surface area contributed by atoms with Crippen molar-refractivity contribution in [2.45, 2.75) is 83.2 Å². The number of rotatable bonds is 12. The molecule has 3 aromatic carbocycles. The van der Waals surface area contributed by atoms with E-state index in [0.29, 0.717) is 47.8 Å². The molecule has 2 N–H and O–H groups in total. The number of carbonyl (C=O) groups is 3. The summed E-state index contributed by atoms with van der Waals surface area (Å²) in [6.07, 6.45) is 10.3. The molecule has 0 radical (unpaired) electrons. The molecule has 9 rings (SSSR count). The fraction of sp³-hybridized carbons (Fsp3) is 0.375. The molecule has 1 saturated carbocycles. The van der Waals surface area contributed by atoms with Gasteiger partial charge < -0.3 is 14.5 Å². The molecule has 0 spiro atoms. The molecular formula is C48H52N8O4S2. The summed E-state index contributed by atoms with van der Waals surface area (Å²) in [5, 5.41) is 8.44. The largest absolute Gasteiger partial charge is 0.466 e. The predicted octanol–water partition coefficient (Wildman–Crippen LogP) is 9.48. The van der Waals surface area contributed by atoms with Crippen LogP contribution in [0.1, 0.15) is 89.5 Å². The second kappa shape index (κ2) is 18.7. The van der Waals surface area contributed by atoms with Crippen LogP contribution in [0.15, 0.2) is 90.0 Å². The molecule has 6 aromatic rings. The molecular weight excluding hydrogens is 817 g/mol. The Hall–Kier alpha value is -5.73. The zero-order chi connectivity index (χ0) is 42.6. The van der Waals surface area contributed by atoms with Gasteiger partial charge in [0.1, 0.15) is 11.5 Å². The Morgan fingerprint density at radius 1 is 0.855 bits per heavy atom. The number of hydrogen-bond acceptors (Lipinski definition) is 11. The lowest BCUT2D eigenvalue weighted by Gasteiger charge is -2.32. The van der Waals surface area contributed by atoms with Crippen LogP contribution >= 0.6 is 23.3 Å². The number of esters is 1. The van der Waals surface area contributed by atoms with Crippen molar-refractivity contribution in [3.05, 3.63) is 113 Å². The number of anilines is 3. The summed E-state index contributed by atoms with van der Waals surface area (Å²) in [5.74, 6) is 0.581. The zero-order valence-electron chi connectivity index (χ0n) is 35.3. The van der Waals surface area contributed by atoms with Gasteiger partial charge in [-0.25, -0.2) is 9.97 Å². The number of nitrogens with zero attached hydrogens (tertiary/aromatic N) is 6. The minimum absolute atomic E-state index is 0.0695. The van der Waals surface area contributed by atoms with Crippen molar-refractivity contribution in [3.63, 3.8) is 0 Å². The Morgan fingerprint density at radius 3 is 2.50 bits per heavy atom. The fourth-order valence-corrected chi connectivity index (χ4v) is 10.6. The Bertz CT molecular complexity index is 2560. The van der Waals surface area contributed by atoms with Crippen LogP contribution in [0.4, 0.5) is 16.6 Å². The van der Waals surface area contributed by atoms with E-state index in [1.807, 2.05) is 73.8 Å². The number of piperidine rings is 1. The summed E-state index contributed by atoms with van der Waals surface area (Å²) < 4.78 is 11.5. The van der Waals surface area contributed by atoms with E-state index in [9.17, 15) is 14.4 Å². The Kier molecular flexibility index (Phi) is 12.6. The zero-order valence-corrected chi connectivity index (χ0v) is 36.9. The highest BCUT2D eigenvalue weighted by Gasteiger charge is 2.28. The van der Waals surface area contributed by atoms with E-state index in [1.54, 1.807) is 0 Å². The predicted molar refractivity (Wildman–Crippen MR) is 247 cm³/mol. The average molecular weight is 869 g/mol. The minimum Gasteiger partial charge on any atom is -0.466 e. The van der Waals surface area contributed by atoms with Crippen LogP contribution < -0.4 is 19.8 Å². The first-order chi connectivity index (χ1) is 30.3. The van der Waals surface area contributed by atoms with Gasteiger partial charge in [-0.2, -0.15) is 5.10 Å². The van der Waals surface area contributed by atoms with Crippen LogP contribution in [-0.2, 0) is 29.0 Å². The van der Waals surface area contributed by atoms with Gasteiger partial charge in [-0.3, -0.25) is 29.1 Å². The van der Waals surface area contributed by atoms with Crippen LogP contribution in [0.3, 0.4) is 0 Å². The van der Waals surface area contributed by atoms with Gasteiger partial charge in [0, 0.05) is 65.7 Å². The number of thiazole rings is 1. The van der Waals surface area contributed by atoms with Crippen LogP contribution in [0, 0.1) is 18.8 Å². The number of carbonyl (C=O) groups excluding carboxylic acids is 3. The minimum atomic E-state index is -0.305. The first-order valence-corrected chi connectivity index (χ1v) is 23.5. The van der Waals surface area contributed by atoms with E-state index < -0.39 is 0 Å². The topological polar surface area (TPSA) is 135 Å². The monoisotopic (exact) mass is 868 g/mol. The lowest BCUT2D eigenvalue weighted by molar-refractivity contribution is -0.148. The van der Waals surface area contributed by atoms with Crippen LogP contribution in [0.2, 0.25) is 0 Å². The highest BCUT2D eigenvalue weighted by molar-refractivity contribution is 7.98. The molecule has 14 heteroatoms. The van der Waals surface area contributed by atoms with E-state index in [1.165, 1.54) is 55.4 Å². The van der Waals surface area contributed by atoms with Crippen LogP contribution in [0.25, 0.3) is 21.3 Å². The van der Waals surface area contributed by atoms with Gasteiger partial charge in [0.05, 0.1) is 28.9 Å². The van der Waals surface area contributed by atoms with Crippen molar-refractivity contribution in [2.75, 3.05) is 41.4 Å². The second-order valence-electron chi connectivity index (χ2n) is 16.5. The van der Waals surface area contributed by atoms with E-state index >= 15 is 0 Å². The van der Waals surface area contributed by atoms with Crippen LogP contribution in [-0.4, -0.2) is 63.8 Å². The summed E-state index contributed by atoms with van der Waals surface area (Å²) >= 11 is 2.72. The molecule has 12 nitrogen and oxygen atoms in total. The first-order valence-electron chi connectivity index (χ1n) is 21.9. The molecule has 62 heavy (non-hydrogen) atoms. The first kappa shape index (κ1) is 41.6. The summed E-state index contributed by atoms with van der Waals surface area (Å²) in [7, 11) is 0. The molecule has 0 bridgehead atoms. The highest BCUT2D eigenvalue weighted by atomic mass is 32.2. The van der Waals surface area contributed by atoms with Gasteiger partial charge in [-0.05, 0) is 123 Å². The van der Waals surface area contributed by atoms with Gasteiger partial charge >= 0.3 is 5.97 Å². The number of para-hydroxylation sites is 1. The summed E-state index contributed by atoms with van der Waals surface area (Å²) in [5.41, 5.74) is 7.52. The number of pyridine rings is 1. The number of amides is 2.